The number of aromatic nitrogens is 3. The number of carbonyl (C=O) groups is 4. The Kier molecular flexibility index (Phi) is 16.3. The van der Waals surface area contributed by atoms with Crippen LogP contribution in [0.2, 0.25) is 0 Å². The maximum atomic E-state index is 14.4. The van der Waals surface area contributed by atoms with Gasteiger partial charge in [-0.2, -0.15) is 0 Å². The van der Waals surface area contributed by atoms with Crippen molar-refractivity contribution in [3.8, 4) is 0 Å². The molecule has 1 aromatic carbocycles. The molecule has 0 saturated heterocycles. The number of pyridine rings is 1. The Morgan fingerprint density at radius 1 is 0.943 bits per heavy atom. The number of aromatic amines is 1. The quantitative estimate of drug-likeness (QED) is 0.141. The van der Waals surface area contributed by atoms with Crippen LogP contribution in [0.15, 0.2) is 67.4 Å². The van der Waals surface area contributed by atoms with Crippen molar-refractivity contribution >= 4 is 23.8 Å². The van der Waals surface area contributed by atoms with Crippen molar-refractivity contribution in [2.45, 2.75) is 109 Å². The highest BCUT2D eigenvalue weighted by atomic mass is 16.6. The lowest BCUT2D eigenvalue weighted by atomic mass is 9.83. The standard InChI is InChI=1S/C40H57N7O6/c1-28(2)15-16-35(48)33(21-29-11-7-5-8-12-29)45-38(50)34(23-32-25-42-27-44-32)47(4)39(51)36(22-30-13-9-6-10-14-30)53-40(52)46(3)26-37(49)43-24-31-17-19-41-20-18-31/h6,9-10,13-14,17-20,25,27-29,33-36,48H,5,7-8,11-12,15-16,21-24,26H2,1-4H3,(H,42,44)(H,43,49)(H,45,50)/t33-,34-,35-,36-/m0/s1. The molecule has 0 aliphatic heterocycles. The van der Waals surface area contributed by atoms with Crippen LogP contribution in [0.1, 0.15) is 82.0 Å². The van der Waals surface area contributed by atoms with Crippen LogP contribution in [0.5, 0.6) is 0 Å². The zero-order valence-electron chi connectivity index (χ0n) is 31.6. The largest absolute Gasteiger partial charge is 0.436 e. The molecule has 3 aromatic rings. The Hall–Kier alpha value is -4.78. The monoisotopic (exact) mass is 731 g/mol. The summed E-state index contributed by atoms with van der Waals surface area (Å²) in [5.74, 6) is -0.594. The zero-order chi connectivity index (χ0) is 38.2. The molecule has 4 atom stereocenters. The molecule has 0 bridgehead atoms. The van der Waals surface area contributed by atoms with E-state index in [1.165, 1.54) is 31.7 Å². The zero-order valence-corrected chi connectivity index (χ0v) is 31.6. The van der Waals surface area contributed by atoms with E-state index in [4.69, 9.17) is 4.74 Å². The number of aliphatic hydroxyl groups excluding tert-OH is 1. The van der Waals surface area contributed by atoms with Crippen LogP contribution < -0.4 is 10.6 Å². The average molecular weight is 732 g/mol. The number of amides is 4. The van der Waals surface area contributed by atoms with E-state index in [0.717, 1.165) is 48.1 Å². The first-order valence-corrected chi connectivity index (χ1v) is 18.8. The molecule has 0 unspecified atom stereocenters. The second-order valence-corrected chi connectivity index (χ2v) is 14.7. The number of nitrogens with one attached hydrogen (secondary N) is 3. The molecule has 4 amide bonds. The molecule has 1 fully saturated rings. The highest BCUT2D eigenvalue weighted by Gasteiger charge is 2.36. The number of H-pyrrole nitrogens is 1. The maximum Gasteiger partial charge on any atom is 0.410 e. The van der Waals surface area contributed by atoms with E-state index in [1.807, 2.05) is 30.3 Å². The van der Waals surface area contributed by atoms with E-state index in [9.17, 15) is 24.3 Å². The van der Waals surface area contributed by atoms with E-state index in [0.29, 0.717) is 30.4 Å². The molecule has 1 aliphatic carbocycles. The third-order valence-corrected chi connectivity index (χ3v) is 9.94. The number of benzene rings is 1. The van der Waals surface area contributed by atoms with Gasteiger partial charge in [0.15, 0.2) is 6.10 Å². The first-order valence-electron chi connectivity index (χ1n) is 18.8. The second-order valence-electron chi connectivity index (χ2n) is 14.7. The second kappa shape index (κ2) is 21.1. The molecule has 288 valence electrons. The molecule has 4 N–H and O–H groups in total. The van der Waals surface area contributed by atoms with Gasteiger partial charge >= 0.3 is 6.09 Å². The Bertz CT molecular complexity index is 1550. The Balaban J connectivity index is 1.51. The average Bonchev–Trinajstić information content (AvgIpc) is 3.68. The van der Waals surface area contributed by atoms with Crippen molar-refractivity contribution < 1.29 is 29.0 Å². The Labute approximate surface area is 313 Å². The number of nitrogens with zero attached hydrogens (tertiary/aromatic N) is 4. The van der Waals surface area contributed by atoms with Gasteiger partial charge in [0, 0.05) is 57.8 Å². The van der Waals surface area contributed by atoms with Gasteiger partial charge in [-0.15, -0.1) is 0 Å². The van der Waals surface area contributed by atoms with Crippen LogP contribution in [-0.4, -0.2) is 98.6 Å². The van der Waals surface area contributed by atoms with Crippen LogP contribution in [0, 0.1) is 11.8 Å². The van der Waals surface area contributed by atoms with Crippen molar-refractivity contribution in [3.05, 3.63) is 84.2 Å². The number of carbonyl (C=O) groups excluding carboxylic acids is 4. The van der Waals surface area contributed by atoms with Crippen LogP contribution in [0.3, 0.4) is 0 Å². The van der Waals surface area contributed by atoms with E-state index < -0.39 is 48.1 Å². The number of aliphatic hydroxyl groups is 1. The first-order chi connectivity index (χ1) is 25.5. The van der Waals surface area contributed by atoms with Gasteiger partial charge < -0.3 is 35.3 Å². The van der Waals surface area contributed by atoms with Crippen molar-refractivity contribution in [1.82, 2.24) is 35.4 Å². The fourth-order valence-electron chi connectivity index (χ4n) is 6.73. The van der Waals surface area contributed by atoms with Gasteiger partial charge in [0.1, 0.15) is 12.6 Å². The highest BCUT2D eigenvalue weighted by molar-refractivity contribution is 5.91. The summed E-state index contributed by atoms with van der Waals surface area (Å²) in [7, 11) is 2.95. The summed E-state index contributed by atoms with van der Waals surface area (Å²) >= 11 is 0. The van der Waals surface area contributed by atoms with Gasteiger partial charge in [0.2, 0.25) is 11.8 Å². The Morgan fingerprint density at radius 2 is 1.66 bits per heavy atom. The molecule has 2 heterocycles. The fraction of sp³-hybridized carbons (Fsp3) is 0.550. The summed E-state index contributed by atoms with van der Waals surface area (Å²) < 4.78 is 5.82. The lowest BCUT2D eigenvalue weighted by molar-refractivity contribution is -0.146. The van der Waals surface area contributed by atoms with Gasteiger partial charge in [-0.05, 0) is 54.4 Å². The van der Waals surface area contributed by atoms with Crippen LogP contribution in [-0.2, 0) is 38.5 Å². The molecule has 2 aromatic heterocycles. The fourth-order valence-corrected chi connectivity index (χ4v) is 6.73. The third kappa shape index (κ3) is 13.6. The number of hydrogen-bond acceptors (Lipinski definition) is 8. The summed E-state index contributed by atoms with van der Waals surface area (Å²) in [6.07, 6.45) is 11.3. The van der Waals surface area contributed by atoms with Crippen LogP contribution in [0.25, 0.3) is 0 Å². The predicted molar refractivity (Wildman–Crippen MR) is 201 cm³/mol. The number of likely N-dealkylation sites (N-methyl/N-ethyl adjacent to an activating group) is 2. The Morgan fingerprint density at radius 3 is 2.32 bits per heavy atom. The smallest absolute Gasteiger partial charge is 0.410 e. The van der Waals surface area contributed by atoms with E-state index in [2.05, 4.69) is 39.4 Å². The van der Waals surface area contributed by atoms with Gasteiger partial charge in [-0.1, -0.05) is 76.3 Å². The number of hydrogen-bond donors (Lipinski definition) is 4. The number of imidazole rings is 1. The van der Waals surface area contributed by atoms with Crippen molar-refractivity contribution in [3.63, 3.8) is 0 Å². The van der Waals surface area contributed by atoms with E-state index in [-0.39, 0.29) is 25.9 Å². The van der Waals surface area contributed by atoms with Gasteiger partial charge in [0.25, 0.3) is 5.91 Å². The first kappa shape index (κ1) is 41.0. The molecule has 0 radical (unpaired) electrons. The molecular weight excluding hydrogens is 674 g/mol. The minimum Gasteiger partial charge on any atom is -0.436 e. The number of rotatable bonds is 19. The van der Waals surface area contributed by atoms with Gasteiger partial charge in [0.05, 0.1) is 18.5 Å². The highest BCUT2D eigenvalue weighted by Crippen LogP contribution is 2.29. The van der Waals surface area contributed by atoms with Crippen molar-refractivity contribution in [2.75, 3.05) is 20.6 Å². The summed E-state index contributed by atoms with van der Waals surface area (Å²) in [5.41, 5.74) is 2.25. The SMILES string of the molecule is CC(C)CC[C@H](O)[C@H](CC1CCCCC1)NC(=O)[C@H](Cc1cnc[nH]1)N(C)C(=O)[C@H](Cc1ccccc1)OC(=O)N(C)CC(=O)NCc1ccncc1. The molecule has 13 nitrogen and oxygen atoms in total. The van der Waals surface area contributed by atoms with E-state index >= 15 is 0 Å². The van der Waals surface area contributed by atoms with Crippen molar-refractivity contribution in [1.29, 1.82) is 0 Å². The minimum atomic E-state index is -1.30. The molecule has 13 heteroatoms. The lowest BCUT2D eigenvalue weighted by Crippen LogP contribution is -2.56. The topological polar surface area (TPSA) is 170 Å². The van der Waals surface area contributed by atoms with Crippen molar-refractivity contribution in [2.24, 2.45) is 11.8 Å². The van der Waals surface area contributed by atoms with Crippen LogP contribution >= 0.6 is 0 Å². The molecule has 0 spiro atoms. The third-order valence-electron chi connectivity index (χ3n) is 9.94. The normalized spacial score (nSPS) is 15.5. The lowest BCUT2D eigenvalue weighted by Gasteiger charge is -2.34. The summed E-state index contributed by atoms with van der Waals surface area (Å²) in [6, 6.07) is 11.2. The van der Waals surface area contributed by atoms with Gasteiger partial charge in [-0.3, -0.25) is 19.4 Å². The molecule has 4 rings (SSSR count). The van der Waals surface area contributed by atoms with Gasteiger partial charge in [-0.25, -0.2) is 9.78 Å². The molecule has 53 heavy (non-hydrogen) atoms. The summed E-state index contributed by atoms with van der Waals surface area (Å²) in [4.78, 5) is 68.3. The molecular formula is C40H57N7O6. The van der Waals surface area contributed by atoms with Crippen LogP contribution in [0.4, 0.5) is 4.79 Å². The minimum absolute atomic E-state index is 0.0500. The number of ether oxygens (including phenoxy) is 1. The predicted octanol–water partition coefficient (Wildman–Crippen LogP) is 4.42. The molecule has 1 aliphatic rings. The van der Waals surface area contributed by atoms with E-state index in [1.54, 1.807) is 30.7 Å². The maximum absolute atomic E-state index is 14.4. The summed E-state index contributed by atoms with van der Waals surface area (Å²) in [5, 5.41) is 17.3. The molecule has 1 saturated carbocycles. The summed E-state index contributed by atoms with van der Waals surface area (Å²) in [6.45, 7) is 4.19.